The van der Waals surface area contributed by atoms with E-state index in [9.17, 15) is 0 Å². The van der Waals surface area contributed by atoms with Crippen molar-refractivity contribution in [1.82, 2.24) is 0 Å². The Bertz CT molecular complexity index is 2710. The molecule has 2 heterocycles. The van der Waals surface area contributed by atoms with Gasteiger partial charge in [-0.1, -0.05) is 140 Å². The van der Waals surface area contributed by atoms with Crippen LogP contribution in [-0.2, 0) is 0 Å². The van der Waals surface area contributed by atoms with E-state index in [0.29, 0.717) is 0 Å². The molecule has 0 N–H and O–H groups in total. The third-order valence-electron chi connectivity index (χ3n) is 10.6. The van der Waals surface area contributed by atoms with Crippen LogP contribution in [0, 0.1) is 0 Å². The summed E-state index contributed by atoms with van der Waals surface area (Å²) in [5, 5.41) is 4.59. The fourth-order valence-corrected chi connectivity index (χ4v) is 8.01. The van der Waals surface area contributed by atoms with E-state index in [-0.39, 0.29) is 12.0 Å². The van der Waals surface area contributed by atoms with Crippen LogP contribution in [0.3, 0.4) is 0 Å². The van der Waals surface area contributed by atoms with E-state index >= 15 is 0 Å². The van der Waals surface area contributed by atoms with E-state index in [4.69, 9.17) is 9.15 Å². The highest BCUT2D eigenvalue weighted by molar-refractivity contribution is 6.10. The van der Waals surface area contributed by atoms with Crippen LogP contribution in [0.1, 0.15) is 30.1 Å². The van der Waals surface area contributed by atoms with E-state index in [1.807, 2.05) is 0 Å². The summed E-state index contributed by atoms with van der Waals surface area (Å²) >= 11 is 0. The van der Waals surface area contributed by atoms with Gasteiger partial charge in [0.25, 0.3) is 0 Å². The molecule has 3 heteroatoms. The number of furan rings is 1. The predicted octanol–water partition coefficient (Wildman–Crippen LogP) is 13.8. The third-order valence-corrected chi connectivity index (χ3v) is 10.6. The first-order valence-corrected chi connectivity index (χ1v) is 17.9. The van der Waals surface area contributed by atoms with Gasteiger partial charge in [0.05, 0.1) is 5.39 Å². The molecule has 1 aliphatic heterocycles. The minimum Gasteiger partial charge on any atom is -0.484 e. The summed E-state index contributed by atoms with van der Waals surface area (Å²) in [6, 6.07) is 64.7. The van der Waals surface area contributed by atoms with Crippen LogP contribution in [0.25, 0.3) is 55.0 Å². The zero-order valence-electron chi connectivity index (χ0n) is 28.7. The number of nitrogens with zero attached hydrogens (tertiary/aromatic N) is 1. The summed E-state index contributed by atoms with van der Waals surface area (Å²) in [6.45, 7) is 2.25. The Labute approximate surface area is 303 Å². The first-order chi connectivity index (χ1) is 25.7. The van der Waals surface area contributed by atoms with Crippen LogP contribution in [0.15, 0.2) is 186 Å². The van der Waals surface area contributed by atoms with Gasteiger partial charge in [-0.2, -0.15) is 0 Å². The molecule has 2 unspecified atom stereocenters. The van der Waals surface area contributed by atoms with E-state index in [1.54, 1.807) is 0 Å². The maximum Gasteiger partial charge on any atom is 0.139 e. The number of ether oxygens (including phenoxy) is 1. The van der Waals surface area contributed by atoms with Gasteiger partial charge in [0, 0.05) is 40.0 Å². The van der Waals surface area contributed by atoms with E-state index in [2.05, 4.69) is 194 Å². The fourth-order valence-electron chi connectivity index (χ4n) is 8.01. The molecule has 9 aromatic rings. The van der Waals surface area contributed by atoms with Gasteiger partial charge >= 0.3 is 0 Å². The molecule has 0 fully saturated rings. The molecule has 0 aliphatic carbocycles. The van der Waals surface area contributed by atoms with Crippen molar-refractivity contribution in [1.29, 1.82) is 0 Å². The molecule has 248 valence electrons. The van der Waals surface area contributed by atoms with Gasteiger partial charge in [0.1, 0.15) is 23.0 Å². The average Bonchev–Trinajstić information content (AvgIpc) is 3.76. The second-order valence-electron chi connectivity index (χ2n) is 13.7. The molecule has 1 aromatic heterocycles. The lowest BCUT2D eigenvalue weighted by atomic mass is 9.92. The number of anilines is 3. The van der Waals surface area contributed by atoms with Crippen LogP contribution in [0.2, 0.25) is 0 Å². The van der Waals surface area contributed by atoms with Crippen molar-refractivity contribution in [3.63, 3.8) is 0 Å². The second kappa shape index (κ2) is 12.3. The van der Waals surface area contributed by atoms with E-state index in [1.165, 1.54) is 44.2 Å². The van der Waals surface area contributed by atoms with Crippen molar-refractivity contribution < 1.29 is 9.15 Å². The zero-order chi connectivity index (χ0) is 34.6. The van der Waals surface area contributed by atoms with Crippen LogP contribution in [-0.4, -0.2) is 0 Å². The van der Waals surface area contributed by atoms with Crippen LogP contribution >= 0.6 is 0 Å². The molecule has 8 aromatic carbocycles. The fraction of sp³-hybridized carbons (Fsp3) is 0.0612. The molecule has 0 bridgehead atoms. The minimum atomic E-state index is -0.0304. The Balaban J connectivity index is 1.08. The standard InChI is InChI=1S/C49H35NO2/c1-32-41-29-30-45-47(49(41)52-48(32)37-14-6-3-7-15-37)44-28-27-40(31-46(44)51-45)50(38-23-19-34(20-24-38)33-11-4-2-5-12-33)39-25-21-36(22-26-39)43-18-10-16-35-13-8-9-17-42(35)43/h2-32,48H,1H3. The second-order valence-corrected chi connectivity index (χ2v) is 13.7. The Morgan fingerprint density at radius 2 is 1.12 bits per heavy atom. The lowest BCUT2D eigenvalue weighted by molar-refractivity contribution is 0.218. The molecule has 0 saturated heterocycles. The summed E-state index contributed by atoms with van der Waals surface area (Å²) in [4.78, 5) is 2.31. The number of benzene rings is 8. The van der Waals surface area contributed by atoms with E-state index < -0.39 is 0 Å². The summed E-state index contributed by atoms with van der Waals surface area (Å²) < 4.78 is 13.4. The lowest BCUT2D eigenvalue weighted by Gasteiger charge is -2.26. The summed E-state index contributed by atoms with van der Waals surface area (Å²) in [7, 11) is 0. The van der Waals surface area contributed by atoms with Crippen molar-refractivity contribution in [2.45, 2.75) is 18.9 Å². The van der Waals surface area contributed by atoms with Gasteiger partial charge in [-0.15, -0.1) is 0 Å². The van der Waals surface area contributed by atoms with Crippen LogP contribution in [0.4, 0.5) is 17.1 Å². The normalized spacial score (nSPS) is 15.2. The topological polar surface area (TPSA) is 25.6 Å². The SMILES string of the molecule is CC1c2ccc3oc4cc(N(c5ccc(-c6ccccc6)cc5)c5ccc(-c6cccc7ccccc67)cc5)ccc4c3c2OC1c1ccccc1. The number of fused-ring (bicyclic) bond motifs is 6. The van der Waals surface area contributed by atoms with Crippen LogP contribution < -0.4 is 9.64 Å². The Kier molecular flexibility index (Phi) is 7.17. The van der Waals surface area contributed by atoms with Gasteiger partial charge in [-0.3, -0.25) is 0 Å². The van der Waals surface area contributed by atoms with Crippen molar-refractivity contribution in [2.75, 3.05) is 4.90 Å². The van der Waals surface area contributed by atoms with Gasteiger partial charge in [0.15, 0.2) is 0 Å². The molecule has 0 spiro atoms. The highest BCUT2D eigenvalue weighted by Gasteiger charge is 2.34. The average molecular weight is 670 g/mol. The number of rotatable bonds is 6. The highest BCUT2D eigenvalue weighted by atomic mass is 16.5. The molecule has 0 saturated carbocycles. The molecule has 0 amide bonds. The maximum absolute atomic E-state index is 6.75. The molecular formula is C49H35NO2. The Morgan fingerprint density at radius 1 is 0.481 bits per heavy atom. The smallest absolute Gasteiger partial charge is 0.139 e. The number of hydrogen-bond acceptors (Lipinski definition) is 3. The Hall–Kier alpha value is -6.58. The maximum atomic E-state index is 6.75. The van der Waals surface area contributed by atoms with E-state index in [0.717, 1.165) is 44.8 Å². The molecule has 10 rings (SSSR count). The first kappa shape index (κ1) is 30.3. The molecule has 52 heavy (non-hydrogen) atoms. The lowest BCUT2D eigenvalue weighted by Crippen LogP contribution is -2.09. The molecule has 1 aliphatic rings. The summed E-state index contributed by atoms with van der Waals surface area (Å²) in [6.07, 6.45) is -0.0304. The largest absolute Gasteiger partial charge is 0.484 e. The van der Waals surface area contributed by atoms with Gasteiger partial charge in [-0.05, 0) is 81.1 Å². The van der Waals surface area contributed by atoms with Crippen molar-refractivity contribution >= 4 is 49.8 Å². The summed E-state index contributed by atoms with van der Waals surface area (Å²) in [5.41, 5.74) is 12.0. The zero-order valence-corrected chi connectivity index (χ0v) is 28.7. The van der Waals surface area contributed by atoms with Gasteiger partial charge in [-0.25, -0.2) is 0 Å². The molecule has 2 atom stereocenters. The third kappa shape index (κ3) is 5.05. The van der Waals surface area contributed by atoms with Crippen LogP contribution in [0.5, 0.6) is 5.75 Å². The summed E-state index contributed by atoms with van der Waals surface area (Å²) in [5.74, 6) is 1.17. The minimum absolute atomic E-state index is 0.0304. The quantitative estimate of drug-likeness (QED) is 0.176. The number of hydrogen-bond donors (Lipinski definition) is 0. The molecule has 3 nitrogen and oxygen atoms in total. The Morgan fingerprint density at radius 3 is 1.88 bits per heavy atom. The predicted molar refractivity (Wildman–Crippen MR) is 215 cm³/mol. The van der Waals surface area contributed by atoms with Crippen molar-refractivity contribution in [3.05, 3.63) is 193 Å². The first-order valence-electron chi connectivity index (χ1n) is 17.9. The molecular weight excluding hydrogens is 635 g/mol. The van der Waals surface area contributed by atoms with Gasteiger partial charge < -0.3 is 14.1 Å². The van der Waals surface area contributed by atoms with Crippen molar-refractivity contribution in [3.8, 4) is 28.0 Å². The highest BCUT2D eigenvalue weighted by Crippen LogP contribution is 2.51. The monoisotopic (exact) mass is 669 g/mol. The van der Waals surface area contributed by atoms with Gasteiger partial charge in [0.2, 0.25) is 0 Å². The van der Waals surface area contributed by atoms with Crippen molar-refractivity contribution in [2.24, 2.45) is 0 Å². The molecule has 0 radical (unpaired) electrons.